The van der Waals surface area contributed by atoms with Gasteiger partial charge in [0, 0.05) is 0 Å². The third-order valence-electron chi connectivity index (χ3n) is 3.24. The highest BCUT2D eigenvalue weighted by molar-refractivity contribution is 5.82. The van der Waals surface area contributed by atoms with E-state index in [1.807, 2.05) is 55.5 Å². The van der Waals surface area contributed by atoms with Crippen LogP contribution in [-0.4, -0.2) is 5.11 Å². The van der Waals surface area contributed by atoms with Crippen LogP contribution in [0.25, 0.3) is 5.57 Å². The summed E-state index contributed by atoms with van der Waals surface area (Å²) in [7, 11) is 0. The lowest BCUT2D eigenvalue weighted by Gasteiger charge is -2.09. The molecule has 0 amide bonds. The highest BCUT2D eigenvalue weighted by Crippen LogP contribution is 2.26. The van der Waals surface area contributed by atoms with Gasteiger partial charge in [-0.2, -0.15) is 0 Å². The molecule has 0 heterocycles. The van der Waals surface area contributed by atoms with Crippen molar-refractivity contribution in [1.29, 1.82) is 0 Å². The number of aromatic hydroxyl groups is 1. The number of benzene rings is 2. The average molecular weight is 288 g/mol. The molecule has 110 valence electrons. The molecule has 0 fully saturated rings. The summed E-state index contributed by atoms with van der Waals surface area (Å²) in [6, 6.07) is 17.5. The summed E-state index contributed by atoms with van der Waals surface area (Å²) in [5.41, 5.74) is 4.37. The first-order chi connectivity index (χ1) is 10.7. The number of hydrogen-bond donors (Lipinski definition) is 1. The first-order valence-electron chi connectivity index (χ1n) is 7.26. The molecule has 0 aliphatic rings. The van der Waals surface area contributed by atoms with Crippen LogP contribution < -0.4 is 0 Å². The summed E-state index contributed by atoms with van der Waals surface area (Å²) < 4.78 is 0. The van der Waals surface area contributed by atoms with E-state index in [0.29, 0.717) is 0 Å². The molecule has 0 saturated carbocycles. The fourth-order valence-electron chi connectivity index (χ4n) is 2.24. The largest absolute Gasteiger partial charge is 0.508 e. The predicted octanol–water partition coefficient (Wildman–Crippen LogP) is 5.51. The number of rotatable bonds is 5. The van der Waals surface area contributed by atoms with E-state index < -0.39 is 0 Å². The van der Waals surface area contributed by atoms with E-state index in [9.17, 15) is 5.11 Å². The van der Waals surface area contributed by atoms with E-state index in [4.69, 9.17) is 0 Å². The van der Waals surface area contributed by atoms with E-state index in [2.05, 4.69) is 24.8 Å². The van der Waals surface area contributed by atoms with Crippen molar-refractivity contribution in [3.63, 3.8) is 0 Å². The van der Waals surface area contributed by atoms with Gasteiger partial charge in [0.1, 0.15) is 5.75 Å². The Morgan fingerprint density at radius 1 is 0.955 bits per heavy atom. The van der Waals surface area contributed by atoms with Crippen LogP contribution in [0.15, 0.2) is 97.1 Å². The molecule has 0 bridgehead atoms. The molecule has 0 atom stereocenters. The van der Waals surface area contributed by atoms with Crippen molar-refractivity contribution < 1.29 is 5.11 Å². The lowest BCUT2D eigenvalue weighted by atomic mass is 9.95. The first-order valence-corrected chi connectivity index (χ1v) is 7.26. The van der Waals surface area contributed by atoms with Crippen LogP contribution in [0.4, 0.5) is 0 Å². The Kier molecular flexibility index (Phi) is 5.56. The molecule has 0 aliphatic heterocycles. The van der Waals surface area contributed by atoms with Gasteiger partial charge < -0.3 is 5.11 Å². The van der Waals surface area contributed by atoms with Crippen molar-refractivity contribution in [3.05, 3.63) is 108 Å². The van der Waals surface area contributed by atoms with Gasteiger partial charge in [-0.15, -0.1) is 0 Å². The zero-order valence-corrected chi connectivity index (χ0v) is 12.7. The normalized spacial score (nSPS) is 12.6. The van der Waals surface area contributed by atoms with Crippen LogP contribution in [0.3, 0.4) is 0 Å². The lowest BCUT2D eigenvalue weighted by Crippen LogP contribution is -1.89. The molecular formula is C21H20O. The van der Waals surface area contributed by atoms with Crippen LogP contribution in [0.2, 0.25) is 0 Å². The summed E-state index contributed by atoms with van der Waals surface area (Å²) in [6.07, 6.45) is 9.94. The van der Waals surface area contributed by atoms with Crippen LogP contribution in [-0.2, 0) is 0 Å². The number of phenols is 1. The van der Waals surface area contributed by atoms with Crippen molar-refractivity contribution in [3.8, 4) is 5.75 Å². The van der Waals surface area contributed by atoms with E-state index in [1.165, 1.54) is 0 Å². The number of allylic oxidation sites excluding steroid dienone is 6. The SMILES string of the molecule is C=C/C=C(C=C(c1ccccc1)c1ccc(O)cc1)\C=C/C. The van der Waals surface area contributed by atoms with Gasteiger partial charge in [-0.3, -0.25) is 0 Å². The number of hydrogen-bond acceptors (Lipinski definition) is 1. The van der Waals surface area contributed by atoms with E-state index in [0.717, 1.165) is 22.3 Å². The third-order valence-corrected chi connectivity index (χ3v) is 3.24. The molecule has 2 aromatic rings. The van der Waals surface area contributed by atoms with E-state index in [1.54, 1.807) is 18.2 Å². The Morgan fingerprint density at radius 3 is 2.18 bits per heavy atom. The van der Waals surface area contributed by atoms with Crippen LogP contribution in [0.1, 0.15) is 18.1 Å². The Balaban J connectivity index is 2.57. The van der Waals surface area contributed by atoms with Gasteiger partial charge in [0.2, 0.25) is 0 Å². The van der Waals surface area contributed by atoms with Gasteiger partial charge in [0.05, 0.1) is 0 Å². The summed E-state index contributed by atoms with van der Waals surface area (Å²) in [5, 5.41) is 9.50. The Bertz CT molecular complexity index is 701. The van der Waals surface area contributed by atoms with Gasteiger partial charge in [0.25, 0.3) is 0 Å². The number of phenolic OH excluding ortho intramolecular Hbond substituents is 1. The second-order valence-corrected chi connectivity index (χ2v) is 4.87. The molecule has 1 N–H and O–H groups in total. The highest BCUT2D eigenvalue weighted by atomic mass is 16.3. The zero-order valence-electron chi connectivity index (χ0n) is 12.7. The molecule has 0 radical (unpaired) electrons. The van der Waals surface area contributed by atoms with Crippen molar-refractivity contribution in [2.24, 2.45) is 0 Å². The molecule has 0 aliphatic carbocycles. The quantitative estimate of drug-likeness (QED) is 0.719. The minimum atomic E-state index is 0.270. The maximum atomic E-state index is 9.50. The third kappa shape index (κ3) is 4.10. The van der Waals surface area contributed by atoms with Gasteiger partial charge in [0.15, 0.2) is 0 Å². The average Bonchev–Trinajstić information content (AvgIpc) is 2.55. The van der Waals surface area contributed by atoms with Crippen molar-refractivity contribution >= 4 is 5.57 Å². The highest BCUT2D eigenvalue weighted by Gasteiger charge is 2.05. The predicted molar refractivity (Wildman–Crippen MR) is 94.7 cm³/mol. The molecular weight excluding hydrogens is 268 g/mol. The molecule has 0 saturated heterocycles. The van der Waals surface area contributed by atoms with Gasteiger partial charge >= 0.3 is 0 Å². The van der Waals surface area contributed by atoms with E-state index >= 15 is 0 Å². The Morgan fingerprint density at radius 2 is 1.59 bits per heavy atom. The summed E-state index contributed by atoms with van der Waals surface area (Å²) in [6.45, 7) is 5.77. The molecule has 0 aromatic heterocycles. The van der Waals surface area contributed by atoms with Crippen molar-refractivity contribution in [2.75, 3.05) is 0 Å². The maximum Gasteiger partial charge on any atom is 0.115 e. The van der Waals surface area contributed by atoms with Crippen molar-refractivity contribution in [2.45, 2.75) is 6.92 Å². The fraction of sp³-hybridized carbons (Fsp3) is 0.0476. The van der Waals surface area contributed by atoms with Gasteiger partial charge in [-0.25, -0.2) is 0 Å². The van der Waals surface area contributed by atoms with Crippen LogP contribution in [0, 0.1) is 0 Å². The van der Waals surface area contributed by atoms with E-state index in [-0.39, 0.29) is 5.75 Å². The first kappa shape index (κ1) is 15.6. The molecule has 22 heavy (non-hydrogen) atoms. The zero-order chi connectivity index (χ0) is 15.8. The minimum Gasteiger partial charge on any atom is -0.508 e. The standard InChI is InChI=1S/C21H20O/c1-3-8-17(9-4-2)16-21(18-10-6-5-7-11-18)19-12-14-20(22)15-13-19/h3-16,22H,1H2,2H3/b9-4-,17-8+,21-16?. The van der Waals surface area contributed by atoms with Gasteiger partial charge in [-0.1, -0.05) is 73.3 Å². The Labute approximate surface area is 132 Å². The topological polar surface area (TPSA) is 20.2 Å². The van der Waals surface area contributed by atoms with Gasteiger partial charge in [-0.05, 0) is 47.4 Å². The second-order valence-electron chi connectivity index (χ2n) is 4.87. The molecule has 0 unspecified atom stereocenters. The van der Waals surface area contributed by atoms with Crippen LogP contribution >= 0.6 is 0 Å². The smallest absolute Gasteiger partial charge is 0.115 e. The fourth-order valence-corrected chi connectivity index (χ4v) is 2.24. The molecule has 2 rings (SSSR count). The summed E-state index contributed by atoms with van der Waals surface area (Å²) in [5.74, 6) is 0.270. The van der Waals surface area contributed by atoms with Crippen LogP contribution in [0.5, 0.6) is 5.75 Å². The summed E-state index contributed by atoms with van der Waals surface area (Å²) in [4.78, 5) is 0. The summed E-state index contributed by atoms with van der Waals surface area (Å²) >= 11 is 0. The molecule has 0 spiro atoms. The monoisotopic (exact) mass is 288 g/mol. The van der Waals surface area contributed by atoms with Crippen molar-refractivity contribution in [1.82, 2.24) is 0 Å². The molecule has 1 heteroatoms. The molecule has 2 aromatic carbocycles. The maximum absolute atomic E-state index is 9.50. The second kappa shape index (κ2) is 7.84. The lowest BCUT2D eigenvalue weighted by molar-refractivity contribution is 0.475. The Hall–Kier alpha value is -2.80. The molecule has 1 nitrogen and oxygen atoms in total. The minimum absolute atomic E-state index is 0.270.